The Labute approximate surface area is 140 Å². The minimum atomic E-state index is -0.149. The number of nitrogens with one attached hydrogen (secondary N) is 1. The van der Waals surface area contributed by atoms with Crippen LogP contribution in [0.5, 0.6) is 0 Å². The second-order valence-corrected chi connectivity index (χ2v) is 6.64. The van der Waals surface area contributed by atoms with Gasteiger partial charge in [0.15, 0.2) is 0 Å². The molecule has 0 atom stereocenters. The summed E-state index contributed by atoms with van der Waals surface area (Å²) in [5.74, 6) is -0.0236. The van der Waals surface area contributed by atoms with Crippen molar-refractivity contribution in [3.05, 3.63) is 93.2 Å². The first-order chi connectivity index (χ1) is 11.2. The Balaban J connectivity index is 1.94. The molecule has 1 N–H and O–H groups in total. The number of hydrogen-bond donors (Lipinski definition) is 1. The molecular formula is C20H19NOS. The zero-order valence-corrected chi connectivity index (χ0v) is 14.1. The smallest absolute Gasteiger partial charge is 0.253 e. The van der Waals surface area contributed by atoms with Gasteiger partial charge < -0.3 is 5.32 Å². The van der Waals surface area contributed by atoms with E-state index in [-0.39, 0.29) is 11.9 Å². The van der Waals surface area contributed by atoms with Crippen molar-refractivity contribution < 1.29 is 4.79 Å². The summed E-state index contributed by atoms with van der Waals surface area (Å²) in [7, 11) is 0. The molecule has 2 nitrogen and oxygen atoms in total. The topological polar surface area (TPSA) is 29.1 Å². The molecule has 0 bridgehead atoms. The van der Waals surface area contributed by atoms with E-state index in [0.29, 0.717) is 0 Å². The Morgan fingerprint density at radius 3 is 1.87 bits per heavy atom. The van der Waals surface area contributed by atoms with Crippen molar-refractivity contribution >= 4 is 17.2 Å². The van der Waals surface area contributed by atoms with E-state index in [1.165, 1.54) is 4.88 Å². The molecule has 23 heavy (non-hydrogen) atoms. The second kappa shape index (κ2) is 6.80. The molecule has 0 saturated carbocycles. The van der Waals surface area contributed by atoms with Gasteiger partial charge in [-0.05, 0) is 30.5 Å². The maximum absolute atomic E-state index is 12.7. The average molecular weight is 321 g/mol. The molecule has 1 amide bonds. The predicted molar refractivity (Wildman–Crippen MR) is 96.0 cm³/mol. The van der Waals surface area contributed by atoms with Crippen LogP contribution < -0.4 is 5.32 Å². The largest absolute Gasteiger partial charge is 0.341 e. The fourth-order valence-corrected chi connectivity index (χ4v) is 3.46. The van der Waals surface area contributed by atoms with Gasteiger partial charge in [-0.2, -0.15) is 0 Å². The monoisotopic (exact) mass is 321 g/mol. The van der Waals surface area contributed by atoms with Gasteiger partial charge in [0.25, 0.3) is 5.91 Å². The van der Waals surface area contributed by atoms with Crippen molar-refractivity contribution in [1.29, 1.82) is 0 Å². The molecule has 1 aromatic heterocycles. The average Bonchev–Trinajstić information content (AvgIpc) is 2.93. The summed E-state index contributed by atoms with van der Waals surface area (Å²) in [4.78, 5) is 13.9. The van der Waals surface area contributed by atoms with Crippen LogP contribution in [0.1, 0.15) is 38.0 Å². The number of hydrogen-bond acceptors (Lipinski definition) is 2. The molecule has 116 valence electrons. The van der Waals surface area contributed by atoms with E-state index in [1.807, 2.05) is 79.9 Å². The molecule has 3 heteroatoms. The maximum Gasteiger partial charge on any atom is 0.253 e. The summed E-state index contributed by atoms with van der Waals surface area (Å²) in [6.07, 6.45) is 0. The summed E-state index contributed by atoms with van der Waals surface area (Å²) >= 11 is 1.62. The van der Waals surface area contributed by atoms with Gasteiger partial charge in [0.05, 0.1) is 11.6 Å². The Kier molecular flexibility index (Phi) is 4.58. The first-order valence-electron chi connectivity index (χ1n) is 7.62. The zero-order chi connectivity index (χ0) is 16.2. The lowest BCUT2D eigenvalue weighted by molar-refractivity contribution is 0.0943. The molecule has 0 fully saturated rings. The molecule has 2 aromatic carbocycles. The highest BCUT2D eigenvalue weighted by molar-refractivity contribution is 7.10. The van der Waals surface area contributed by atoms with Gasteiger partial charge in [-0.1, -0.05) is 60.7 Å². The third kappa shape index (κ3) is 3.35. The number of rotatable bonds is 4. The molecular weight excluding hydrogens is 302 g/mol. The highest BCUT2D eigenvalue weighted by Crippen LogP contribution is 2.25. The summed E-state index contributed by atoms with van der Waals surface area (Å²) in [6.45, 7) is 4.05. The third-order valence-electron chi connectivity index (χ3n) is 4.07. The summed E-state index contributed by atoms with van der Waals surface area (Å²) in [6, 6.07) is 20.0. The fraction of sp³-hybridized carbons (Fsp3) is 0.150. The molecule has 0 spiro atoms. The second-order valence-electron chi connectivity index (χ2n) is 5.56. The van der Waals surface area contributed by atoms with Crippen LogP contribution in [-0.4, -0.2) is 5.91 Å². The lowest BCUT2D eigenvalue weighted by atomic mass is 9.98. The van der Waals surface area contributed by atoms with Gasteiger partial charge in [0.2, 0.25) is 0 Å². The molecule has 0 aliphatic rings. The molecule has 0 radical (unpaired) electrons. The molecule has 0 aliphatic heterocycles. The van der Waals surface area contributed by atoms with Gasteiger partial charge in [0, 0.05) is 10.3 Å². The van der Waals surface area contributed by atoms with E-state index in [0.717, 1.165) is 22.3 Å². The first-order valence-corrected chi connectivity index (χ1v) is 8.50. The summed E-state index contributed by atoms with van der Waals surface area (Å²) < 4.78 is 0. The number of aryl methyl sites for hydroxylation is 1. The normalized spacial score (nSPS) is 10.7. The molecule has 1 heterocycles. The van der Waals surface area contributed by atoms with Crippen molar-refractivity contribution in [2.75, 3.05) is 0 Å². The highest BCUT2D eigenvalue weighted by atomic mass is 32.1. The molecule has 3 rings (SSSR count). The Bertz CT molecular complexity index is 754. The molecule has 0 aliphatic carbocycles. The number of benzene rings is 2. The SMILES string of the molecule is Cc1scc(C(=O)NC(c2ccccc2)c2ccccc2)c1C. The number of amides is 1. The van der Waals surface area contributed by atoms with E-state index < -0.39 is 0 Å². The fourth-order valence-electron chi connectivity index (χ4n) is 2.60. The van der Waals surface area contributed by atoms with Gasteiger partial charge in [-0.3, -0.25) is 4.79 Å². The van der Waals surface area contributed by atoms with E-state index in [1.54, 1.807) is 11.3 Å². The van der Waals surface area contributed by atoms with Crippen molar-refractivity contribution in [2.24, 2.45) is 0 Å². The Hall–Kier alpha value is -2.39. The van der Waals surface area contributed by atoms with Crippen LogP contribution in [0.15, 0.2) is 66.0 Å². The van der Waals surface area contributed by atoms with Gasteiger partial charge in [-0.25, -0.2) is 0 Å². The van der Waals surface area contributed by atoms with Crippen LogP contribution in [-0.2, 0) is 0 Å². The number of thiophene rings is 1. The van der Waals surface area contributed by atoms with Gasteiger partial charge >= 0.3 is 0 Å². The van der Waals surface area contributed by atoms with Crippen LogP contribution in [0.2, 0.25) is 0 Å². The predicted octanol–water partition coefficient (Wildman–Crippen LogP) is 4.88. The standard InChI is InChI=1S/C20H19NOS/c1-14-15(2)23-13-18(14)20(22)21-19(16-9-5-3-6-10-16)17-11-7-4-8-12-17/h3-13,19H,1-2H3,(H,21,22). The lowest BCUT2D eigenvalue weighted by Crippen LogP contribution is -2.29. The minimum absolute atomic E-state index is 0.0236. The van der Waals surface area contributed by atoms with Gasteiger partial charge in [-0.15, -0.1) is 11.3 Å². The zero-order valence-electron chi connectivity index (χ0n) is 13.2. The van der Waals surface area contributed by atoms with Crippen molar-refractivity contribution in [1.82, 2.24) is 5.32 Å². The van der Waals surface area contributed by atoms with Gasteiger partial charge in [0.1, 0.15) is 0 Å². The maximum atomic E-state index is 12.7. The Morgan fingerprint density at radius 2 is 1.43 bits per heavy atom. The van der Waals surface area contributed by atoms with Crippen LogP contribution in [0.3, 0.4) is 0 Å². The van der Waals surface area contributed by atoms with Crippen molar-refractivity contribution in [2.45, 2.75) is 19.9 Å². The van der Waals surface area contributed by atoms with Crippen molar-refractivity contribution in [3.63, 3.8) is 0 Å². The van der Waals surface area contributed by atoms with E-state index in [9.17, 15) is 4.79 Å². The molecule has 0 saturated heterocycles. The number of carbonyl (C=O) groups excluding carboxylic acids is 1. The van der Waals surface area contributed by atoms with E-state index >= 15 is 0 Å². The van der Waals surface area contributed by atoms with Crippen LogP contribution in [0, 0.1) is 13.8 Å². The number of carbonyl (C=O) groups is 1. The third-order valence-corrected chi connectivity index (χ3v) is 5.08. The summed E-state index contributed by atoms with van der Waals surface area (Å²) in [5.41, 5.74) is 3.99. The molecule has 3 aromatic rings. The minimum Gasteiger partial charge on any atom is -0.341 e. The quantitative estimate of drug-likeness (QED) is 0.728. The van der Waals surface area contributed by atoms with E-state index in [4.69, 9.17) is 0 Å². The molecule has 0 unspecified atom stereocenters. The summed E-state index contributed by atoms with van der Waals surface area (Å²) in [5, 5.41) is 5.13. The highest BCUT2D eigenvalue weighted by Gasteiger charge is 2.19. The lowest BCUT2D eigenvalue weighted by Gasteiger charge is -2.20. The first kappa shape index (κ1) is 15.5. The Morgan fingerprint density at radius 1 is 0.913 bits per heavy atom. The van der Waals surface area contributed by atoms with E-state index in [2.05, 4.69) is 5.32 Å². The van der Waals surface area contributed by atoms with Crippen molar-refractivity contribution in [3.8, 4) is 0 Å². The van der Waals surface area contributed by atoms with Crippen LogP contribution in [0.4, 0.5) is 0 Å². The van der Waals surface area contributed by atoms with Crippen LogP contribution >= 0.6 is 11.3 Å². The van der Waals surface area contributed by atoms with Crippen LogP contribution in [0.25, 0.3) is 0 Å².